The number of nitrogens with one attached hydrogen (secondary N) is 1. The minimum atomic E-state index is -0.554. The van der Waals surface area contributed by atoms with E-state index in [0.717, 1.165) is 5.01 Å². The molecule has 8 heteroatoms. The fraction of sp³-hybridized carbons (Fsp3) is 0.182. The topological polar surface area (TPSA) is 91.2 Å². The molecule has 1 aromatic rings. The van der Waals surface area contributed by atoms with Crippen molar-refractivity contribution in [2.45, 2.75) is 0 Å². The second kappa shape index (κ2) is 5.43. The van der Waals surface area contributed by atoms with E-state index in [2.05, 4.69) is 10.4 Å². The fourth-order valence-corrected chi connectivity index (χ4v) is 2.11. The zero-order valence-corrected chi connectivity index (χ0v) is 12.0. The van der Waals surface area contributed by atoms with E-state index in [1.165, 1.54) is 13.3 Å². The van der Waals surface area contributed by atoms with Crippen LogP contribution >= 0.6 is 22.6 Å². The van der Waals surface area contributed by atoms with E-state index < -0.39 is 6.03 Å². The monoisotopic (exact) mass is 375 g/mol. The van der Waals surface area contributed by atoms with Gasteiger partial charge in [-0.05, 0) is 40.3 Å². The first kappa shape index (κ1) is 13.6. The number of rotatable bonds is 3. The van der Waals surface area contributed by atoms with Gasteiger partial charge in [0.2, 0.25) is 5.91 Å². The smallest absolute Gasteiger partial charge is 0.344 e. The van der Waals surface area contributed by atoms with Crippen LogP contribution in [-0.2, 0) is 4.79 Å². The lowest BCUT2D eigenvalue weighted by molar-refractivity contribution is -0.118. The number of halogens is 1. The molecule has 1 fully saturated rings. The van der Waals surface area contributed by atoms with Crippen molar-refractivity contribution in [3.8, 4) is 11.5 Å². The van der Waals surface area contributed by atoms with Gasteiger partial charge in [-0.1, -0.05) is 0 Å². The summed E-state index contributed by atoms with van der Waals surface area (Å²) in [6, 6.07) is 2.70. The van der Waals surface area contributed by atoms with Crippen LogP contribution in [0.25, 0.3) is 0 Å². The van der Waals surface area contributed by atoms with Crippen molar-refractivity contribution in [1.82, 2.24) is 10.3 Å². The van der Waals surface area contributed by atoms with Gasteiger partial charge in [0.25, 0.3) is 0 Å². The summed E-state index contributed by atoms with van der Waals surface area (Å²) in [5.74, 6) is -0.0235. The van der Waals surface area contributed by atoms with Gasteiger partial charge < -0.3 is 9.84 Å². The van der Waals surface area contributed by atoms with E-state index in [1.54, 1.807) is 12.1 Å². The van der Waals surface area contributed by atoms with Crippen molar-refractivity contribution in [1.29, 1.82) is 0 Å². The van der Waals surface area contributed by atoms with Crippen molar-refractivity contribution < 1.29 is 19.4 Å². The minimum absolute atomic E-state index is 0.0503. The Morgan fingerprint density at radius 2 is 2.26 bits per heavy atom. The van der Waals surface area contributed by atoms with Crippen molar-refractivity contribution in [3.63, 3.8) is 0 Å². The van der Waals surface area contributed by atoms with Gasteiger partial charge in [0.05, 0.1) is 16.9 Å². The second-order valence-electron chi connectivity index (χ2n) is 3.71. The largest absolute Gasteiger partial charge is 0.504 e. The molecule has 0 atom stereocenters. The van der Waals surface area contributed by atoms with Crippen LogP contribution in [0.4, 0.5) is 4.79 Å². The maximum atomic E-state index is 11.3. The van der Waals surface area contributed by atoms with Gasteiger partial charge in [-0.25, -0.2) is 9.80 Å². The molecule has 0 spiro atoms. The number of amides is 3. The van der Waals surface area contributed by atoms with Crippen LogP contribution in [0.5, 0.6) is 11.5 Å². The predicted octanol–water partition coefficient (Wildman–Crippen LogP) is 0.891. The van der Waals surface area contributed by atoms with Crippen LogP contribution in [-0.4, -0.2) is 41.9 Å². The van der Waals surface area contributed by atoms with E-state index in [4.69, 9.17) is 4.74 Å². The SMILES string of the molecule is COc1cc(/C=N/N2CC(=O)NC2=O)cc(I)c1O. The number of methoxy groups -OCH3 is 1. The average molecular weight is 375 g/mol. The molecule has 0 unspecified atom stereocenters. The average Bonchev–Trinajstić information content (AvgIpc) is 2.69. The highest BCUT2D eigenvalue weighted by molar-refractivity contribution is 14.1. The summed E-state index contributed by atoms with van der Waals surface area (Å²) in [5.41, 5.74) is 0.645. The first-order chi connectivity index (χ1) is 9.01. The molecule has 1 aliphatic rings. The van der Waals surface area contributed by atoms with E-state index in [-0.39, 0.29) is 18.2 Å². The summed E-state index contributed by atoms with van der Waals surface area (Å²) in [4.78, 5) is 22.2. The molecule has 19 heavy (non-hydrogen) atoms. The molecule has 1 aromatic carbocycles. The Balaban J connectivity index is 2.22. The molecule has 0 aromatic heterocycles. The molecular formula is C11H10IN3O4. The first-order valence-corrected chi connectivity index (χ1v) is 6.31. The molecule has 0 saturated carbocycles. The summed E-state index contributed by atoms with van der Waals surface area (Å²) < 4.78 is 5.61. The van der Waals surface area contributed by atoms with Crippen molar-refractivity contribution in [3.05, 3.63) is 21.3 Å². The molecule has 1 saturated heterocycles. The van der Waals surface area contributed by atoms with E-state index in [9.17, 15) is 14.7 Å². The molecule has 3 amide bonds. The standard InChI is InChI=1S/C11H10IN3O4/c1-19-8-3-6(2-7(12)10(8)17)4-13-15-5-9(16)14-11(15)18/h2-4,17H,5H2,1H3,(H,14,16,18)/b13-4+. The minimum Gasteiger partial charge on any atom is -0.504 e. The molecule has 0 bridgehead atoms. The molecule has 1 heterocycles. The number of carbonyl (C=O) groups excluding carboxylic acids is 2. The van der Waals surface area contributed by atoms with Gasteiger partial charge in [-0.15, -0.1) is 0 Å². The number of ether oxygens (including phenoxy) is 1. The first-order valence-electron chi connectivity index (χ1n) is 5.23. The van der Waals surface area contributed by atoms with E-state index in [1.807, 2.05) is 22.6 Å². The van der Waals surface area contributed by atoms with Gasteiger partial charge in [-0.2, -0.15) is 5.10 Å². The van der Waals surface area contributed by atoms with Crippen LogP contribution in [0.15, 0.2) is 17.2 Å². The molecule has 2 rings (SSSR count). The lowest BCUT2D eigenvalue weighted by Gasteiger charge is -2.07. The van der Waals surface area contributed by atoms with Crippen LogP contribution < -0.4 is 10.1 Å². The molecular weight excluding hydrogens is 365 g/mol. The third-order valence-electron chi connectivity index (χ3n) is 2.39. The van der Waals surface area contributed by atoms with Gasteiger partial charge in [0.1, 0.15) is 6.54 Å². The summed E-state index contributed by atoms with van der Waals surface area (Å²) >= 11 is 1.96. The van der Waals surface area contributed by atoms with Gasteiger partial charge in [0.15, 0.2) is 11.5 Å². The highest BCUT2D eigenvalue weighted by Gasteiger charge is 2.25. The zero-order chi connectivity index (χ0) is 14.0. The molecule has 2 N–H and O–H groups in total. The third-order valence-corrected chi connectivity index (χ3v) is 3.21. The maximum absolute atomic E-state index is 11.3. The number of nitrogens with zero attached hydrogens (tertiary/aromatic N) is 2. The number of phenols is 1. The second-order valence-corrected chi connectivity index (χ2v) is 4.87. The summed E-state index contributed by atoms with van der Waals surface area (Å²) in [6.07, 6.45) is 1.42. The van der Waals surface area contributed by atoms with Crippen molar-refractivity contribution in [2.75, 3.05) is 13.7 Å². The van der Waals surface area contributed by atoms with Crippen LogP contribution in [0.1, 0.15) is 5.56 Å². The molecule has 0 radical (unpaired) electrons. The van der Waals surface area contributed by atoms with Crippen molar-refractivity contribution >= 4 is 40.7 Å². The number of urea groups is 1. The van der Waals surface area contributed by atoms with Crippen molar-refractivity contribution in [2.24, 2.45) is 5.10 Å². The normalized spacial score (nSPS) is 15.2. The number of carbonyl (C=O) groups is 2. The Bertz CT molecular complexity index is 573. The molecule has 1 aliphatic heterocycles. The Hall–Kier alpha value is -1.84. The number of hydrazone groups is 1. The van der Waals surface area contributed by atoms with Gasteiger partial charge in [0, 0.05) is 0 Å². The zero-order valence-electron chi connectivity index (χ0n) is 9.88. The van der Waals surface area contributed by atoms with Crippen LogP contribution in [0.2, 0.25) is 0 Å². The number of hydrogen-bond donors (Lipinski definition) is 2. The number of imide groups is 1. The predicted molar refractivity (Wildman–Crippen MR) is 75.2 cm³/mol. The third kappa shape index (κ3) is 2.95. The Labute approximate surface area is 122 Å². The quantitative estimate of drug-likeness (QED) is 0.467. The number of aromatic hydroxyl groups is 1. The Morgan fingerprint density at radius 1 is 1.53 bits per heavy atom. The van der Waals surface area contributed by atoms with Gasteiger partial charge in [-0.3, -0.25) is 10.1 Å². The maximum Gasteiger partial charge on any atom is 0.344 e. The van der Waals surface area contributed by atoms with Crippen LogP contribution in [0, 0.1) is 3.57 Å². The van der Waals surface area contributed by atoms with Gasteiger partial charge >= 0.3 is 6.03 Å². The summed E-state index contributed by atoms with van der Waals surface area (Å²) in [5, 5.41) is 16.7. The Kier molecular flexibility index (Phi) is 3.88. The number of benzene rings is 1. The lowest BCUT2D eigenvalue weighted by atomic mass is 10.2. The Morgan fingerprint density at radius 3 is 2.84 bits per heavy atom. The summed E-state index contributed by atoms with van der Waals surface area (Å²) in [6.45, 7) is -0.0956. The molecule has 7 nitrogen and oxygen atoms in total. The molecule has 0 aliphatic carbocycles. The van der Waals surface area contributed by atoms with E-state index >= 15 is 0 Å². The van der Waals surface area contributed by atoms with E-state index in [0.29, 0.717) is 14.9 Å². The highest BCUT2D eigenvalue weighted by Crippen LogP contribution is 2.31. The number of phenolic OH excluding ortho intramolecular Hbond substituents is 1. The highest BCUT2D eigenvalue weighted by atomic mass is 127. The van der Waals surface area contributed by atoms with Crippen LogP contribution in [0.3, 0.4) is 0 Å². The fourth-order valence-electron chi connectivity index (χ4n) is 1.48. The lowest BCUT2D eigenvalue weighted by Crippen LogP contribution is -2.24. The molecule has 100 valence electrons. The summed E-state index contributed by atoms with van der Waals surface area (Å²) in [7, 11) is 1.44. The number of hydrogen-bond acceptors (Lipinski definition) is 5.